The summed E-state index contributed by atoms with van der Waals surface area (Å²) in [4.78, 5) is 28.7. The molecule has 3 rings (SSSR count). The Hall–Kier alpha value is -1.40. The summed E-state index contributed by atoms with van der Waals surface area (Å²) < 4.78 is 0. The van der Waals surface area contributed by atoms with E-state index in [1.165, 1.54) is 5.56 Å². The van der Waals surface area contributed by atoms with Crippen LogP contribution in [0, 0.1) is 0 Å². The smallest absolute Gasteiger partial charge is 0.245 e. The monoisotopic (exact) mass is 307 g/mol. The van der Waals surface area contributed by atoms with Gasteiger partial charge in [-0.1, -0.05) is 13.3 Å². The van der Waals surface area contributed by atoms with Gasteiger partial charge in [0.1, 0.15) is 12.1 Å². The van der Waals surface area contributed by atoms with E-state index in [1.54, 1.807) is 16.2 Å². The van der Waals surface area contributed by atoms with Crippen LogP contribution in [-0.2, 0) is 16.1 Å². The Morgan fingerprint density at radius 1 is 1.38 bits per heavy atom. The van der Waals surface area contributed by atoms with Crippen molar-refractivity contribution in [3.63, 3.8) is 0 Å². The molecule has 3 heterocycles. The molecule has 0 radical (unpaired) electrons. The quantitative estimate of drug-likeness (QED) is 0.905. The van der Waals surface area contributed by atoms with Crippen LogP contribution in [0.2, 0.25) is 0 Å². The maximum atomic E-state index is 12.4. The minimum atomic E-state index is -0.321. The Morgan fingerprint density at radius 2 is 2.24 bits per heavy atom. The molecule has 0 unspecified atom stereocenters. The summed E-state index contributed by atoms with van der Waals surface area (Å²) in [5.41, 5.74) is 1.28. The normalized spacial score (nSPS) is 26.6. The molecule has 5 nitrogen and oxygen atoms in total. The summed E-state index contributed by atoms with van der Waals surface area (Å²) in [7, 11) is 0. The van der Waals surface area contributed by atoms with Crippen molar-refractivity contribution in [1.82, 2.24) is 15.1 Å². The zero-order valence-corrected chi connectivity index (χ0v) is 13.1. The number of piperazine rings is 2. The van der Waals surface area contributed by atoms with Crippen LogP contribution in [0.1, 0.15) is 25.3 Å². The zero-order chi connectivity index (χ0) is 14.8. The van der Waals surface area contributed by atoms with Gasteiger partial charge in [0.05, 0.1) is 0 Å². The third kappa shape index (κ3) is 2.96. The third-order valence-corrected chi connectivity index (χ3v) is 4.96. The number of hydrogen-bond donors (Lipinski definition) is 1. The molecule has 2 aliphatic heterocycles. The zero-order valence-electron chi connectivity index (χ0n) is 12.2. The average Bonchev–Trinajstić information content (AvgIpc) is 2.98. The van der Waals surface area contributed by atoms with Gasteiger partial charge in [-0.25, -0.2) is 0 Å². The molecule has 2 aliphatic rings. The molecule has 6 heteroatoms. The van der Waals surface area contributed by atoms with Gasteiger partial charge in [0.15, 0.2) is 0 Å². The maximum absolute atomic E-state index is 12.4. The highest BCUT2D eigenvalue weighted by Gasteiger charge is 2.42. The van der Waals surface area contributed by atoms with E-state index in [1.807, 2.05) is 6.92 Å². The highest BCUT2D eigenvalue weighted by molar-refractivity contribution is 7.07. The van der Waals surface area contributed by atoms with Crippen LogP contribution in [0.15, 0.2) is 16.8 Å². The molecule has 1 N–H and O–H groups in total. The largest absolute Gasteiger partial charge is 0.342 e. The van der Waals surface area contributed by atoms with Gasteiger partial charge in [-0.3, -0.25) is 14.5 Å². The van der Waals surface area contributed by atoms with Crippen molar-refractivity contribution < 1.29 is 9.59 Å². The number of thiophene rings is 1. The second kappa shape index (κ2) is 6.15. The molecular weight excluding hydrogens is 286 g/mol. The molecular formula is C15H21N3O2S. The van der Waals surface area contributed by atoms with Crippen molar-refractivity contribution in [3.8, 4) is 0 Å². The Balaban J connectivity index is 1.66. The molecule has 2 atom stereocenters. The fourth-order valence-electron chi connectivity index (χ4n) is 3.13. The molecule has 0 spiro atoms. The van der Waals surface area contributed by atoms with Gasteiger partial charge in [-0.15, -0.1) is 0 Å². The van der Waals surface area contributed by atoms with Crippen molar-refractivity contribution in [3.05, 3.63) is 22.4 Å². The summed E-state index contributed by atoms with van der Waals surface area (Å²) in [5, 5.41) is 7.09. The Morgan fingerprint density at radius 3 is 2.95 bits per heavy atom. The fraction of sp³-hybridized carbons (Fsp3) is 0.600. The van der Waals surface area contributed by atoms with Crippen molar-refractivity contribution in [2.24, 2.45) is 0 Å². The molecule has 2 saturated heterocycles. The van der Waals surface area contributed by atoms with Gasteiger partial charge < -0.3 is 10.2 Å². The third-order valence-electron chi connectivity index (χ3n) is 4.23. The van der Waals surface area contributed by atoms with Gasteiger partial charge in [-0.05, 0) is 28.8 Å². The maximum Gasteiger partial charge on any atom is 0.245 e. The van der Waals surface area contributed by atoms with E-state index in [0.29, 0.717) is 13.1 Å². The Bertz CT molecular complexity index is 517. The summed E-state index contributed by atoms with van der Waals surface area (Å²) >= 11 is 1.69. The first-order valence-electron chi connectivity index (χ1n) is 7.53. The lowest BCUT2D eigenvalue weighted by Crippen LogP contribution is -2.69. The summed E-state index contributed by atoms with van der Waals surface area (Å²) in [6.07, 6.45) is 1.63. The van der Waals surface area contributed by atoms with E-state index in [0.717, 1.165) is 25.9 Å². The summed E-state index contributed by atoms with van der Waals surface area (Å²) in [5.74, 6) is 0.0969. The topological polar surface area (TPSA) is 52.7 Å². The lowest BCUT2D eigenvalue weighted by Gasteiger charge is -2.45. The molecule has 0 aromatic carbocycles. The first-order chi connectivity index (χ1) is 10.2. The lowest BCUT2D eigenvalue weighted by molar-refractivity contribution is -0.153. The van der Waals surface area contributed by atoms with Crippen molar-refractivity contribution >= 4 is 23.2 Å². The minimum Gasteiger partial charge on any atom is -0.342 e. The van der Waals surface area contributed by atoms with Crippen LogP contribution in [0.3, 0.4) is 0 Å². The highest BCUT2D eigenvalue weighted by Crippen LogP contribution is 2.20. The van der Waals surface area contributed by atoms with E-state index in [2.05, 4.69) is 27.0 Å². The van der Waals surface area contributed by atoms with E-state index in [4.69, 9.17) is 0 Å². The van der Waals surface area contributed by atoms with Crippen LogP contribution in [0.25, 0.3) is 0 Å². The molecule has 2 amide bonds. The second-order valence-corrected chi connectivity index (χ2v) is 6.54. The first kappa shape index (κ1) is 14.5. The van der Waals surface area contributed by atoms with E-state index in [-0.39, 0.29) is 23.9 Å². The van der Waals surface area contributed by atoms with Crippen molar-refractivity contribution in [2.45, 2.75) is 38.4 Å². The predicted octanol–water partition coefficient (Wildman–Crippen LogP) is 1.06. The molecule has 2 fully saturated rings. The molecule has 0 saturated carbocycles. The minimum absolute atomic E-state index is 0.00284. The molecule has 1 aromatic heterocycles. The summed E-state index contributed by atoms with van der Waals surface area (Å²) in [6, 6.07) is 1.47. The number of amides is 2. The molecule has 21 heavy (non-hydrogen) atoms. The molecule has 0 bridgehead atoms. The van der Waals surface area contributed by atoms with E-state index in [9.17, 15) is 9.59 Å². The van der Waals surface area contributed by atoms with E-state index < -0.39 is 0 Å². The SMILES string of the molecule is CCC[C@@H]1NC(=O)[C@H]2CN(Cc3ccsc3)CCN2C1=O. The standard InChI is InChI=1S/C15H21N3O2S/c1-2-3-12-15(20)18-6-5-17(8-11-4-7-21-10-11)9-13(18)14(19)16-12/h4,7,10,12-13H,2-3,5-6,8-9H2,1H3,(H,16,19)/t12-,13+/m0/s1. The van der Waals surface area contributed by atoms with Crippen LogP contribution in [0.5, 0.6) is 0 Å². The second-order valence-electron chi connectivity index (χ2n) is 5.76. The number of nitrogens with zero attached hydrogens (tertiary/aromatic N) is 2. The highest BCUT2D eigenvalue weighted by atomic mass is 32.1. The summed E-state index contributed by atoms with van der Waals surface area (Å²) in [6.45, 7) is 5.01. The number of rotatable bonds is 4. The lowest BCUT2D eigenvalue weighted by atomic mass is 10.0. The van der Waals surface area contributed by atoms with Crippen LogP contribution < -0.4 is 5.32 Å². The number of hydrogen-bond acceptors (Lipinski definition) is 4. The van der Waals surface area contributed by atoms with Gasteiger partial charge >= 0.3 is 0 Å². The fourth-order valence-corrected chi connectivity index (χ4v) is 3.79. The van der Waals surface area contributed by atoms with Crippen molar-refractivity contribution in [1.29, 1.82) is 0 Å². The van der Waals surface area contributed by atoms with Gasteiger partial charge in [0, 0.05) is 26.2 Å². The van der Waals surface area contributed by atoms with Gasteiger partial charge in [0.25, 0.3) is 0 Å². The van der Waals surface area contributed by atoms with Crippen LogP contribution in [0.4, 0.5) is 0 Å². The van der Waals surface area contributed by atoms with Gasteiger partial charge in [0.2, 0.25) is 11.8 Å². The Labute approximate surface area is 128 Å². The van der Waals surface area contributed by atoms with Crippen molar-refractivity contribution in [2.75, 3.05) is 19.6 Å². The number of fused-ring (bicyclic) bond motifs is 1. The average molecular weight is 307 g/mol. The molecule has 0 aliphatic carbocycles. The number of nitrogens with one attached hydrogen (secondary N) is 1. The van der Waals surface area contributed by atoms with E-state index >= 15 is 0 Å². The van der Waals surface area contributed by atoms with Crippen LogP contribution >= 0.6 is 11.3 Å². The predicted molar refractivity (Wildman–Crippen MR) is 81.9 cm³/mol. The van der Waals surface area contributed by atoms with Crippen LogP contribution in [-0.4, -0.2) is 53.3 Å². The molecule has 1 aromatic rings. The first-order valence-corrected chi connectivity index (χ1v) is 8.47. The number of carbonyl (C=O) groups is 2. The molecule has 114 valence electrons. The van der Waals surface area contributed by atoms with Gasteiger partial charge in [-0.2, -0.15) is 11.3 Å². The number of carbonyl (C=O) groups excluding carboxylic acids is 2. The Kier molecular flexibility index (Phi) is 4.26.